The molecule has 3 rings (SSSR count). The monoisotopic (exact) mass is 223 g/mol. The Labute approximate surface area is 103 Å². The van der Waals surface area contributed by atoms with Crippen LogP contribution in [0.15, 0.2) is 42.6 Å². The lowest BCUT2D eigenvalue weighted by Crippen LogP contribution is -2.20. The number of hydrogen-bond acceptors (Lipinski definition) is 1. The minimum absolute atomic E-state index is 0.656. The van der Waals surface area contributed by atoms with Crippen molar-refractivity contribution in [3.8, 4) is 0 Å². The van der Waals surface area contributed by atoms with Crippen LogP contribution >= 0.6 is 0 Å². The predicted molar refractivity (Wildman–Crippen MR) is 73.6 cm³/mol. The molecule has 0 aromatic heterocycles. The first-order chi connectivity index (χ1) is 8.38. The molecule has 1 aromatic rings. The summed E-state index contributed by atoms with van der Waals surface area (Å²) in [6.45, 7) is 4.60. The fraction of sp³-hybridized carbons (Fsp3) is 0.250. The molecule has 17 heavy (non-hydrogen) atoms. The van der Waals surface area contributed by atoms with Crippen molar-refractivity contribution in [2.45, 2.75) is 18.8 Å². The van der Waals surface area contributed by atoms with Gasteiger partial charge in [-0.25, -0.2) is 0 Å². The molecular formula is C16H17N. The molecule has 0 heterocycles. The van der Waals surface area contributed by atoms with Gasteiger partial charge in [-0.2, -0.15) is 0 Å². The van der Waals surface area contributed by atoms with Crippen molar-refractivity contribution in [2.75, 3.05) is 6.54 Å². The van der Waals surface area contributed by atoms with Gasteiger partial charge in [0.25, 0.3) is 0 Å². The Morgan fingerprint density at radius 3 is 3.12 bits per heavy atom. The Kier molecular flexibility index (Phi) is 2.60. The SMILES string of the molecule is C=CCNC1=Cc2cccc3c2C(CC=C3)C1. The molecule has 0 aliphatic heterocycles. The highest BCUT2D eigenvalue weighted by molar-refractivity contribution is 5.70. The molecule has 0 fully saturated rings. The zero-order valence-corrected chi connectivity index (χ0v) is 9.95. The Morgan fingerprint density at radius 2 is 2.24 bits per heavy atom. The van der Waals surface area contributed by atoms with E-state index < -0.39 is 0 Å². The maximum absolute atomic E-state index is 3.75. The van der Waals surface area contributed by atoms with Crippen LogP contribution in [0.3, 0.4) is 0 Å². The number of hydrogen-bond donors (Lipinski definition) is 1. The van der Waals surface area contributed by atoms with E-state index in [0.717, 1.165) is 19.4 Å². The third kappa shape index (κ3) is 1.82. The summed E-state index contributed by atoms with van der Waals surface area (Å²) in [5.74, 6) is 0.656. The summed E-state index contributed by atoms with van der Waals surface area (Å²) in [5.41, 5.74) is 5.67. The van der Waals surface area contributed by atoms with Gasteiger partial charge in [0.15, 0.2) is 0 Å². The van der Waals surface area contributed by atoms with Gasteiger partial charge in [0.05, 0.1) is 0 Å². The fourth-order valence-electron chi connectivity index (χ4n) is 2.85. The Balaban J connectivity index is 2.01. The molecule has 2 aliphatic rings. The number of benzene rings is 1. The van der Waals surface area contributed by atoms with E-state index in [2.05, 4.69) is 48.3 Å². The predicted octanol–water partition coefficient (Wildman–Crippen LogP) is 3.71. The van der Waals surface area contributed by atoms with E-state index in [-0.39, 0.29) is 0 Å². The van der Waals surface area contributed by atoms with Crippen LogP contribution in [0.25, 0.3) is 12.2 Å². The second kappa shape index (κ2) is 4.25. The van der Waals surface area contributed by atoms with Crippen LogP contribution in [0, 0.1) is 0 Å². The first kappa shape index (κ1) is 10.4. The normalized spacial score (nSPS) is 20.5. The number of nitrogens with one attached hydrogen (secondary N) is 1. The van der Waals surface area contributed by atoms with Crippen molar-refractivity contribution >= 4 is 12.2 Å². The van der Waals surface area contributed by atoms with Crippen molar-refractivity contribution in [1.82, 2.24) is 5.32 Å². The molecule has 1 heteroatoms. The molecule has 1 N–H and O–H groups in total. The van der Waals surface area contributed by atoms with Crippen LogP contribution in [0.4, 0.5) is 0 Å². The van der Waals surface area contributed by atoms with Gasteiger partial charge in [0.2, 0.25) is 0 Å². The van der Waals surface area contributed by atoms with Crippen molar-refractivity contribution in [3.05, 3.63) is 59.3 Å². The van der Waals surface area contributed by atoms with Gasteiger partial charge in [0.1, 0.15) is 0 Å². The second-order valence-corrected chi connectivity index (χ2v) is 4.73. The number of rotatable bonds is 3. The van der Waals surface area contributed by atoms with Crippen LogP contribution in [-0.4, -0.2) is 6.54 Å². The smallest absolute Gasteiger partial charge is 0.0325 e. The zero-order chi connectivity index (χ0) is 11.7. The lowest BCUT2D eigenvalue weighted by atomic mass is 9.78. The van der Waals surface area contributed by atoms with Crippen molar-refractivity contribution in [2.24, 2.45) is 0 Å². The maximum atomic E-state index is 3.75. The Bertz CT molecular complexity index is 508. The van der Waals surface area contributed by atoms with Crippen molar-refractivity contribution < 1.29 is 0 Å². The highest BCUT2D eigenvalue weighted by Crippen LogP contribution is 2.40. The van der Waals surface area contributed by atoms with Gasteiger partial charge in [-0.3, -0.25) is 0 Å². The molecule has 0 spiro atoms. The summed E-state index contributed by atoms with van der Waals surface area (Å²) in [6, 6.07) is 6.59. The van der Waals surface area contributed by atoms with Crippen LogP contribution in [0.1, 0.15) is 35.4 Å². The molecule has 0 radical (unpaired) electrons. The largest absolute Gasteiger partial charge is 0.385 e. The molecule has 2 aliphatic carbocycles. The topological polar surface area (TPSA) is 12.0 Å². The molecule has 86 valence electrons. The van der Waals surface area contributed by atoms with E-state index in [0.29, 0.717) is 5.92 Å². The lowest BCUT2D eigenvalue weighted by Gasteiger charge is -2.29. The highest BCUT2D eigenvalue weighted by atomic mass is 14.9. The lowest BCUT2D eigenvalue weighted by molar-refractivity contribution is 0.642. The van der Waals surface area contributed by atoms with Gasteiger partial charge >= 0.3 is 0 Å². The summed E-state index contributed by atoms with van der Waals surface area (Å²) >= 11 is 0. The van der Waals surface area contributed by atoms with E-state index >= 15 is 0 Å². The Hall–Kier alpha value is -1.76. The van der Waals surface area contributed by atoms with Gasteiger partial charge in [-0.15, -0.1) is 6.58 Å². The van der Waals surface area contributed by atoms with Crippen molar-refractivity contribution in [3.63, 3.8) is 0 Å². The van der Waals surface area contributed by atoms with Gasteiger partial charge in [0, 0.05) is 12.2 Å². The second-order valence-electron chi connectivity index (χ2n) is 4.73. The third-order valence-corrected chi connectivity index (χ3v) is 3.57. The summed E-state index contributed by atoms with van der Waals surface area (Å²) in [4.78, 5) is 0. The summed E-state index contributed by atoms with van der Waals surface area (Å²) in [6.07, 6.45) is 11.0. The maximum Gasteiger partial charge on any atom is 0.0325 e. The quantitative estimate of drug-likeness (QED) is 0.770. The van der Waals surface area contributed by atoms with Crippen molar-refractivity contribution in [1.29, 1.82) is 0 Å². The highest BCUT2D eigenvalue weighted by Gasteiger charge is 2.24. The Morgan fingerprint density at radius 1 is 1.35 bits per heavy atom. The summed E-state index contributed by atoms with van der Waals surface area (Å²) in [5, 5.41) is 3.44. The van der Waals surface area contributed by atoms with E-state index in [9.17, 15) is 0 Å². The molecule has 1 unspecified atom stereocenters. The molecule has 0 saturated carbocycles. The van der Waals surface area contributed by atoms with Crippen LogP contribution < -0.4 is 5.32 Å². The third-order valence-electron chi connectivity index (χ3n) is 3.57. The number of allylic oxidation sites excluding steroid dienone is 2. The van der Waals surface area contributed by atoms with E-state index in [1.165, 1.54) is 16.8 Å². The fourth-order valence-corrected chi connectivity index (χ4v) is 2.85. The first-order valence-corrected chi connectivity index (χ1v) is 6.23. The average molecular weight is 223 g/mol. The molecule has 1 aromatic carbocycles. The first-order valence-electron chi connectivity index (χ1n) is 6.23. The minimum atomic E-state index is 0.656. The zero-order valence-electron chi connectivity index (χ0n) is 9.95. The molecule has 1 atom stereocenters. The standard InChI is InChI=1S/C16H17N/c1-2-9-17-15-10-13-7-3-5-12-6-4-8-14(11-15)16(12)13/h2-7,10,14,17H,1,8-9,11H2. The van der Waals surface area contributed by atoms with Gasteiger partial charge in [-0.05, 0) is 41.5 Å². The average Bonchev–Trinajstić information content (AvgIpc) is 2.37. The van der Waals surface area contributed by atoms with Crippen LogP contribution in [-0.2, 0) is 0 Å². The van der Waals surface area contributed by atoms with E-state index in [1.54, 1.807) is 5.56 Å². The molecule has 0 amide bonds. The molecular weight excluding hydrogens is 206 g/mol. The van der Waals surface area contributed by atoms with E-state index in [4.69, 9.17) is 0 Å². The van der Waals surface area contributed by atoms with Crippen LogP contribution in [0.5, 0.6) is 0 Å². The molecule has 0 bridgehead atoms. The minimum Gasteiger partial charge on any atom is -0.385 e. The van der Waals surface area contributed by atoms with Crippen LogP contribution in [0.2, 0.25) is 0 Å². The van der Waals surface area contributed by atoms with Gasteiger partial charge < -0.3 is 5.32 Å². The summed E-state index contributed by atoms with van der Waals surface area (Å²) < 4.78 is 0. The summed E-state index contributed by atoms with van der Waals surface area (Å²) in [7, 11) is 0. The van der Waals surface area contributed by atoms with Gasteiger partial charge in [-0.1, -0.05) is 36.4 Å². The molecule has 0 saturated heterocycles. The van der Waals surface area contributed by atoms with E-state index in [1.807, 2.05) is 6.08 Å². The molecule has 1 nitrogen and oxygen atoms in total.